The number of benzene rings is 2. The van der Waals surface area contributed by atoms with E-state index in [0.717, 1.165) is 38.9 Å². The fraction of sp³-hybridized carbons (Fsp3) is 0.185. The van der Waals surface area contributed by atoms with E-state index in [4.69, 9.17) is 23.8 Å². The van der Waals surface area contributed by atoms with Crippen LogP contribution in [-0.2, 0) is 0 Å². The summed E-state index contributed by atoms with van der Waals surface area (Å²) in [6.45, 7) is 6.17. The van der Waals surface area contributed by atoms with Crippen molar-refractivity contribution in [1.82, 2.24) is 14.9 Å². The average molecular weight is 491 g/mol. The van der Waals surface area contributed by atoms with Crippen LogP contribution in [0.1, 0.15) is 40.3 Å². The van der Waals surface area contributed by atoms with Crippen LogP contribution in [0.3, 0.4) is 0 Å². The van der Waals surface area contributed by atoms with Gasteiger partial charge in [0.25, 0.3) is 0 Å². The number of rotatable bonds is 4. The van der Waals surface area contributed by atoms with Gasteiger partial charge in [-0.1, -0.05) is 35.9 Å². The molecule has 3 heterocycles. The Morgan fingerprint density at radius 3 is 2.44 bits per heavy atom. The van der Waals surface area contributed by atoms with Gasteiger partial charge < -0.3 is 14.8 Å². The predicted octanol–water partition coefficient (Wildman–Crippen LogP) is 6.77. The lowest BCUT2D eigenvalue weighted by atomic mass is 9.96. The molecule has 0 saturated carbocycles. The molecule has 2 aromatic heterocycles. The van der Waals surface area contributed by atoms with E-state index in [2.05, 4.69) is 40.8 Å². The molecule has 1 N–H and O–H groups in total. The first-order chi connectivity index (χ1) is 16.4. The Bertz CT molecular complexity index is 1380. The average Bonchev–Trinajstić information content (AvgIpc) is 3.32. The number of nitrogens with zero attached hydrogens (tertiary/aromatic N) is 3. The number of aryl methyl sites for hydroxylation is 1. The van der Waals surface area contributed by atoms with Gasteiger partial charge in [0.05, 0.1) is 23.5 Å². The van der Waals surface area contributed by atoms with Crippen molar-refractivity contribution in [2.24, 2.45) is 0 Å². The van der Waals surface area contributed by atoms with E-state index in [0.29, 0.717) is 10.8 Å². The van der Waals surface area contributed by atoms with E-state index in [-0.39, 0.29) is 17.9 Å². The van der Waals surface area contributed by atoms with Crippen LogP contribution >= 0.6 is 23.8 Å². The highest BCUT2D eigenvalue weighted by Gasteiger charge is 2.43. The first-order valence-corrected chi connectivity index (χ1v) is 11.9. The standard InChI is InChI=1S/C27H24ClFN4S/c1-16-15-19(18(3)32(16)23-13-8-9-20(28)17(23)2)26-25(22-11-6-7-14-30-22)31-27(34)33(26)24-12-5-4-10-21(24)29/h4-15,25-26H,1-3H3,(H,31,34)/t25-,26+/m0/s1. The number of pyridine rings is 1. The van der Waals surface area contributed by atoms with Gasteiger partial charge in [-0.2, -0.15) is 0 Å². The van der Waals surface area contributed by atoms with Gasteiger partial charge in [-0.05, 0) is 86.6 Å². The molecule has 0 bridgehead atoms. The molecule has 2 atom stereocenters. The van der Waals surface area contributed by atoms with Gasteiger partial charge in [-0.15, -0.1) is 0 Å². The first-order valence-electron chi connectivity index (χ1n) is 11.1. The number of anilines is 1. The molecule has 0 amide bonds. The van der Waals surface area contributed by atoms with E-state index in [1.54, 1.807) is 18.3 Å². The van der Waals surface area contributed by atoms with E-state index in [1.807, 2.05) is 48.2 Å². The summed E-state index contributed by atoms with van der Waals surface area (Å²) in [7, 11) is 0. The van der Waals surface area contributed by atoms with Crippen LogP contribution in [-0.4, -0.2) is 14.7 Å². The summed E-state index contributed by atoms with van der Waals surface area (Å²) in [6, 6.07) is 20.1. The van der Waals surface area contributed by atoms with Crippen molar-refractivity contribution in [3.8, 4) is 5.69 Å². The van der Waals surface area contributed by atoms with E-state index < -0.39 is 0 Å². The minimum absolute atomic E-state index is 0.247. The molecule has 1 saturated heterocycles. The predicted molar refractivity (Wildman–Crippen MR) is 139 cm³/mol. The van der Waals surface area contributed by atoms with Gasteiger partial charge in [0, 0.05) is 28.3 Å². The van der Waals surface area contributed by atoms with Crippen LogP contribution < -0.4 is 10.2 Å². The third kappa shape index (κ3) is 3.67. The maximum absolute atomic E-state index is 15.0. The largest absolute Gasteiger partial charge is 0.351 e. The Morgan fingerprint density at radius 1 is 0.971 bits per heavy atom. The Labute approximate surface area is 209 Å². The fourth-order valence-corrected chi connectivity index (χ4v) is 5.38. The number of nitrogens with one attached hydrogen (secondary N) is 1. The van der Waals surface area contributed by atoms with Crippen molar-refractivity contribution in [3.63, 3.8) is 0 Å². The number of hydrogen-bond acceptors (Lipinski definition) is 2. The zero-order chi connectivity index (χ0) is 24.0. The maximum atomic E-state index is 15.0. The molecular weight excluding hydrogens is 467 g/mol. The lowest BCUT2D eigenvalue weighted by Crippen LogP contribution is -2.30. The molecule has 1 aliphatic rings. The van der Waals surface area contributed by atoms with Crippen molar-refractivity contribution in [3.05, 3.63) is 112 Å². The SMILES string of the molecule is Cc1c(Cl)cccc1-n1c(C)cc([C@@H]2[C@H](c3ccccn3)NC(=S)N2c2ccccc2F)c1C. The highest BCUT2D eigenvalue weighted by molar-refractivity contribution is 7.80. The summed E-state index contributed by atoms with van der Waals surface area (Å²) in [4.78, 5) is 6.47. The zero-order valence-electron chi connectivity index (χ0n) is 19.1. The molecule has 1 fully saturated rings. The van der Waals surface area contributed by atoms with Crippen LogP contribution in [0.15, 0.2) is 72.9 Å². The van der Waals surface area contributed by atoms with E-state index in [1.165, 1.54) is 6.07 Å². The number of hydrogen-bond donors (Lipinski definition) is 1. The third-order valence-corrected chi connectivity index (χ3v) is 7.20. The summed E-state index contributed by atoms with van der Waals surface area (Å²) in [5.74, 6) is -0.321. The van der Waals surface area contributed by atoms with Crippen LogP contribution in [0.2, 0.25) is 5.02 Å². The summed E-state index contributed by atoms with van der Waals surface area (Å²) in [5.41, 5.74) is 6.46. The molecule has 5 rings (SSSR count). The fourth-order valence-electron chi connectivity index (χ4n) is 4.87. The van der Waals surface area contributed by atoms with Gasteiger partial charge in [-0.3, -0.25) is 4.98 Å². The Balaban J connectivity index is 1.72. The van der Waals surface area contributed by atoms with Gasteiger partial charge in [0.2, 0.25) is 0 Å². The second-order valence-corrected chi connectivity index (χ2v) is 9.29. The summed E-state index contributed by atoms with van der Waals surface area (Å²) in [5, 5.41) is 4.59. The summed E-state index contributed by atoms with van der Waals surface area (Å²) in [6.07, 6.45) is 1.77. The minimum atomic E-state index is -0.321. The van der Waals surface area contributed by atoms with Crippen LogP contribution in [0, 0.1) is 26.6 Å². The lowest BCUT2D eigenvalue weighted by molar-refractivity contribution is 0.556. The van der Waals surface area contributed by atoms with Gasteiger partial charge >= 0.3 is 0 Å². The molecular formula is C27H24ClFN4S. The van der Waals surface area contributed by atoms with Gasteiger partial charge in [0.1, 0.15) is 5.82 Å². The van der Waals surface area contributed by atoms with Crippen molar-refractivity contribution in [2.45, 2.75) is 32.9 Å². The lowest BCUT2D eigenvalue weighted by Gasteiger charge is -2.28. The zero-order valence-corrected chi connectivity index (χ0v) is 20.7. The summed E-state index contributed by atoms with van der Waals surface area (Å²) < 4.78 is 17.2. The van der Waals surface area contributed by atoms with Crippen molar-refractivity contribution in [1.29, 1.82) is 0 Å². The smallest absolute Gasteiger partial charge is 0.174 e. The highest BCUT2D eigenvalue weighted by Crippen LogP contribution is 2.44. The topological polar surface area (TPSA) is 33.1 Å². The number of thiocarbonyl (C=S) groups is 1. The molecule has 172 valence electrons. The van der Waals surface area contributed by atoms with Gasteiger partial charge in [-0.25, -0.2) is 4.39 Å². The quantitative estimate of drug-likeness (QED) is 0.320. The first kappa shape index (κ1) is 22.6. The Hall–Kier alpha value is -3.22. The molecule has 4 nitrogen and oxygen atoms in total. The molecule has 0 aliphatic carbocycles. The molecule has 0 radical (unpaired) electrons. The Kier molecular flexibility index (Phi) is 5.88. The molecule has 4 aromatic rings. The maximum Gasteiger partial charge on any atom is 0.174 e. The van der Waals surface area contributed by atoms with Crippen LogP contribution in [0.5, 0.6) is 0 Å². The van der Waals surface area contributed by atoms with Crippen molar-refractivity contribution < 1.29 is 4.39 Å². The molecule has 2 aromatic carbocycles. The molecule has 34 heavy (non-hydrogen) atoms. The molecule has 1 aliphatic heterocycles. The summed E-state index contributed by atoms with van der Waals surface area (Å²) >= 11 is 12.2. The molecule has 0 spiro atoms. The molecule has 7 heteroatoms. The molecule has 0 unspecified atom stereocenters. The second-order valence-electron chi connectivity index (χ2n) is 8.49. The second kappa shape index (κ2) is 8.85. The van der Waals surface area contributed by atoms with Crippen LogP contribution in [0.4, 0.5) is 10.1 Å². The minimum Gasteiger partial charge on any atom is -0.351 e. The normalized spacial score (nSPS) is 17.8. The van der Waals surface area contributed by atoms with Gasteiger partial charge in [0.15, 0.2) is 5.11 Å². The highest BCUT2D eigenvalue weighted by atomic mass is 35.5. The number of para-hydroxylation sites is 1. The number of halogens is 2. The van der Waals surface area contributed by atoms with E-state index in [9.17, 15) is 0 Å². The monoisotopic (exact) mass is 490 g/mol. The van der Waals surface area contributed by atoms with Crippen molar-refractivity contribution in [2.75, 3.05) is 4.90 Å². The number of aromatic nitrogens is 2. The van der Waals surface area contributed by atoms with Crippen molar-refractivity contribution >= 4 is 34.6 Å². The van der Waals surface area contributed by atoms with Crippen LogP contribution in [0.25, 0.3) is 5.69 Å². The Morgan fingerprint density at radius 2 is 1.71 bits per heavy atom. The van der Waals surface area contributed by atoms with E-state index >= 15 is 4.39 Å². The third-order valence-electron chi connectivity index (χ3n) is 6.48.